The molecular formula is C18H27N. The summed E-state index contributed by atoms with van der Waals surface area (Å²) in [5.41, 5.74) is 3.14. The molecule has 1 aliphatic rings. The van der Waals surface area contributed by atoms with Crippen LogP contribution in [-0.2, 0) is 0 Å². The quantitative estimate of drug-likeness (QED) is 0.742. The molecule has 104 valence electrons. The average Bonchev–Trinajstić information content (AvgIpc) is 2.37. The van der Waals surface area contributed by atoms with Crippen LogP contribution < -0.4 is 0 Å². The molecule has 1 unspecified atom stereocenters. The molecule has 1 saturated heterocycles. The molecule has 0 amide bonds. The van der Waals surface area contributed by atoms with Gasteiger partial charge in [-0.3, -0.25) is 4.90 Å². The van der Waals surface area contributed by atoms with Crippen molar-refractivity contribution in [3.63, 3.8) is 0 Å². The molecule has 1 heterocycles. The molecule has 0 aliphatic carbocycles. The van der Waals surface area contributed by atoms with Gasteiger partial charge in [0.25, 0.3) is 0 Å². The van der Waals surface area contributed by atoms with Crippen LogP contribution >= 0.6 is 0 Å². The summed E-state index contributed by atoms with van der Waals surface area (Å²) >= 11 is 0. The van der Waals surface area contributed by atoms with Crippen molar-refractivity contribution in [3.05, 3.63) is 42.0 Å². The second-order valence-corrected chi connectivity index (χ2v) is 6.99. The lowest BCUT2D eigenvalue weighted by atomic mass is 9.70. The lowest BCUT2D eigenvalue weighted by molar-refractivity contribution is -0.0188. The first-order valence-corrected chi connectivity index (χ1v) is 7.25. The molecular weight excluding hydrogens is 230 g/mol. The lowest BCUT2D eigenvalue weighted by Crippen LogP contribution is -2.59. The van der Waals surface area contributed by atoms with E-state index < -0.39 is 0 Å². The van der Waals surface area contributed by atoms with Gasteiger partial charge in [0.2, 0.25) is 0 Å². The van der Waals surface area contributed by atoms with Crippen LogP contribution in [0.1, 0.15) is 57.6 Å². The molecule has 0 bridgehead atoms. The Balaban J connectivity index is 2.31. The first-order chi connectivity index (χ1) is 8.79. The molecule has 1 aliphatic heterocycles. The topological polar surface area (TPSA) is 3.24 Å². The number of piperidine rings is 1. The first kappa shape index (κ1) is 14.3. The fraction of sp³-hybridized carbons (Fsp3) is 0.556. The minimum atomic E-state index is 0.192. The van der Waals surface area contributed by atoms with Crippen LogP contribution in [0.3, 0.4) is 0 Å². The number of benzene rings is 1. The Morgan fingerprint density at radius 1 is 1.16 bits per heavy atom. The summed E-state index contributed by atoms with van der Waals surface area (Å²) in [5.74, 6) is 0.601. The Morgan fingerprint density at radius 3 is 2.26 bits per heavy atom. The van der Waals surface area contributed by atoms with Crippen molar-refractivity contribution < 1.29 is 0 Å². The van der Waals surface area contributed by atoms with E-state index in [2.05, 4.69) is 70.5 Å². The molecule has 2 rings (SSSR count). The number of likely N-dealkylation sites (tertiary alicyclic amines) is 1. The van der Waals surface area contributed by atoms with Crippen LogP contribution in [0.4, 0.5) is 0 Å². The third kappa shape index (κ3) is 2.49. The van der Waals surface area contributed by atoms with Gasteiger partial charge in [0, 0.05) is 17.0 Å². The first-order valence-electron chi connectivity index (χ1n) is 7.25. The summed E-state index contributed by atoms with van der Waals surface area (Å²) in [6.07, 6.45) is 4.42. The largest absolute Gasteiger partial charge is 0.296 e. The number of likely N-dealkylation sites (N-methyl/N-ethyl adjacent to an activating group) is 1. The molecule has 1 aromatic rings. The van der Waals surface area contributed by atoms with Crippen molar-refractivity contribution in [2.75, 3.05) is 7.05 Å². The SMILES string of the molecule is C=Cc1ccc(C2CCC(C)(C)N(C)C2(C)C)cc1. The Kier molecular flexibility index (Phi) is 3.61. The van der Waals surface area contributed by atoms with Gasteiger partial charge >= 0.3 is 0 Å². The van der Waals surface area contributed by atoms with Gasteiger partial charge < -0.3 is 0 Å². The van der Waals surface area contributed by atoms with Gasteiger partial charge in [0.15, 0.2) is 0 Å². The molecule has 0 aromatic heterocycles. The van der Waals surface area contributed by atoms with Crippen LogP contribution in [0, 0.1) is 0 Å². The predicted octanol–water partition coefficient (Wildman–Crippen LogP) is 4.70. The third-order valence-corrected chi connectivity index (χ3v) is 5.24. The summed E-state index contributed by atoms with van der Waals surface area (Å²) in [7, 11) is 2.27. The second kappa shape index (κ2) is 4.79. The van der Waals surface area contributed by atoms with Crippen LogP contribution in [-0.4, -0.2) is 23.0 Å². The van der Waals surface area contributed by atoms with E-state index in [1.54, 1.807) is 0 Å². The molecule has 1 aromatic carbocycles. The lowest BCUT2D eigenvalue weighted by Gasteiger charge is -2.55. The number of hydrogen-bond acceptors (Lipinski definition) is 1. The van der Waals surface area contributed by atoms with Crippen LogP contribution in [0.2, 0.25) is 0 Å². The molecule has 1 fully saturated rings. The highest BCUT2D eigenvalue weighted by atomic mass is 15.2. The maximum atomic E-state index is 3.82. The molecule has 0 spiro atoms. The van der Waals surface area contributed by atoms with Gasteiger partial charge in [-0.2, -0.15) is 0 Å². The fourth-order valence-corrected chi connectivity index (χ4v) is 3.47. The van der Waals surface area contributed by atoms with Crippen molar-refractivity contribution in [2.45, 2.75) is 57.5 Å². The standard InChI is InChI=1S/C18H27N/c1-7-14-8-10-15(11-9-14)16-12-13-17(2,3)19(6)18(16,4)5/h7-11,16H,1,12-13H2,2-6H3. The monoisotopic (exact) mass is 257 g/mol. The third-order valence-electron chi connectivity index (χ3n) is 5.24. The summed E-state index contributed by atoms with van der Waals surface area (Å²) in [5, 5.41) is 0. The maximum absolute atomic E-state index is 3.82. The highest BCUT2D eigenvalue weighted by molar-refractivity contribution is 5.47. The van der Waals surface area contributed by atoms with E-state index in [9.17, 15) is 0 Å². The van der Waals surface area contributed by atoms with E-state index in [-0.39, 0.29) is 5.54 Å². The van der Waals surface area contributed by atoms with E-state index in [0.29, 0.717) is 11.5 Å². The normalized spacial score (nSPS) is 26.1. The second-order valence-electron chi connectivity index (χ2n) is 6.99. The van der Waals surface area contributed by atoms with Crippen molar-refractivity contribution in [1.82, 2.24) is 4.90 Å². The maximum Gasteiger partial charge on any atom is 0.0223 e. The van der Waals surface area contributed by atoms with Crippen molar-refractivity contribution in [2.24, 2.45) is 0 Å². The average molecular weight is 257 g/mol. The minimum absolute atomic E-state index is 0.192. The summed E-state index contributed by atoms with van der Waals surface area (Å²) < 4.78 is 0. The van der Waals surface area contributed by atoms with Crippen molar-refractivity contribution in [3.8, 4) is 0 Å². The van der Waals surface area contributed by atoms with Gasteiger partial charge in [-0.1, -0.05) is 36.9 Å². The number of nitrogens with zero attached hydrogens (tertiary/aromatic N) is 1. The van der Waals surface area contributed by atoms with Crippen LogP contribution in [0.25, 0.3) is 6.08 Å². The molecule has 1 heteroatoms. The molecule has 1 atom stereocenters. The molecule has 19 heavy (non-hydrogen) atoms. The highest BCUT2D eigenvalue weighted by Gasteiger charge is 2.45. The molecule has 0 saturated carbocycles. The zero-order valence-corrected chi connectivity index (χ0v) is 13.0. The van der Waals surface area contributed by atoms with E-state index in [0.717, 1.165) is 0 Å². The Labute approximate surface area is 118 Å². The van der Waals surface area contributed by atoms with Gasteiger partial charge in [0.1, 0.15) is 0 Å². The van der Waals surface area contributed by atoms with E-state index >= 15 is 0 Å². The van der Waals surface area contributed by atoms with Crippen LogP contribution in [0.5, 0.6) is 0 Å². The van der Waals surface area contributed by atoms with Gasteiger partial charge in [-0.05, 0) is 58.7 Å². The zero-order chi connectivity index (χ0) is 14.3. The van der Waals surface area contributed by atoms with E-state index in [1.165, 1.54) is 24.0 Å². The van der Waals surface area contributed by atoms with Crippen molar-refractivity contribution >= 4 is 6.08 Å². The summed E-state index contributed by atoms with van der Waals surface area (Å²) in [6, 6.07) is 8.90. The Hall–Kier alpha value is -1.08. The van der Waals surface area contributed by atoms with E-state index in [4.69, 9.17) is 0 Å². The summed E-state index contributed by atoms with van der Waals surface area (Å²) in [4.78, 5) is 2.55. The predicted molar refractivity (Wildman–Crippen MR) is 84.4 cm³/mol. The minimum Gasteiger partial charge on any atom is -0.296 e. The van der Waals surface area contributed by atoms with Gasteiger partial charge in [-0.25, -0.2) is 0 Å². The molecule has 1 nitrogen and oxygen atoms in total. The Morgan fingerprint density at radius 2 is 1.74 bits per heavy atom. The summed E-state index contributed by atoms with van der Waals surface area (Å²) in [6.45, 7) is 13.3. The van der Waals surface area contributed by atoms with E-state index in [1.807, 2.05) is 6.08 Å². The molecule has 0 radical (unpaired) electrons. The smallest absolute Gasteiger partial charge is 0.0223 e. The fourth-order valence-electron chi connectivity index (χ4n) is 3.47. The zero-order valence-electron chi connectivity index (χ0n) is 13.0. The highest BCUT2D eigenvalue weighted by Crippen LogP contribution is 2.45. The Bertz CT molecular complexity index is 453. The van der Waals surface area contributed by atoms with Crippen molar-refractivity contribution in [1.29, 1.82) is 0 Å². The number of hydrogen-bond donors (Lipinski definition) is 0. The van der Waals surface area contributed by atoms with Gasteiger partial charge in [-0.15, -0.1) is 0 Å². The van der Waals surface area contributed by atoms with Gasteiger partial charge in [0.05, 0.1) is 0 Å². The molecule has 0 N–H and O–H groups in total. The number of rotatable bonds is 2. The van der Waals surface area contributed by atoms with Crippen LogP contribution in [0.15, 0.2) is 30.8 Å².